The Morgan fingerprint density at radius 1 is 1.20 bits per heavy atom. The number of H-pyrrole nitrogens is 1. The molecule has 0 bridgehead atoms. The zero-order valence-electron chi connectivity index (χ0n) is 16.7. The molecule has 3 N–H and O–H groups in total. The molecule has 9 heteroatoms. The smallest absolute Gasteiger partial charge is 0.328 e. The van der Waals surface area contributed by atoms with Crippen LogP contribution in [0.3, 0.4) is 0 Å². The standard InChI is InChI=1S/C21H22ClN3O5/c1-11(24-20(28)18-19(27)17(26)6-8-23-18)21(29)30-13(3)12(2)25-9-7-14-10-15(22)4-5-16(14)25/h4-13,27H,1-3H3,(H,23,26)(H,24,28). The molecule has 8 nitrogen and oxygen atoms in total. The SMILES string of the molecule is CC(NC(=O)c1[nH]ccc(=O)c1O)C(=O)OC(C)C(C)n1ccc2cc(Cl)ccc21. The summed E-state index contributed by atoms with van der Waals surface area (Å²) in [6, 6.07) is 7.41. The van der Waals surface area contributed by atoms with Gasteiger partial charge in [-0.2, -0.15) is 0 Å². The van der Waals surface area contributed by atoms with Crippen molar-refractivity contribution in [3.05, 3.63) is 63.7 Å². The minimum absolute atomic E-state index is 0.176. The van der Waals surface area contributed by atoms with Crippen LogP contribution in [0.1, 0.15) is 37.3 Å². The Balaban J connectivity index is 1.66. The zero-order chi connectivity index (χ0) is 22.0. The molecule has 3 aromatic rings. The topological polar surface area (TPSA) is 113 Å². The minimum Gasteiger partial charge on any atom is -0.503 e. The van der Waals surface area contributed by atoms with Gasteiger partial charge in [0.1, 0.15) is 12.1 Å². The van der Waals surface area contributed by atoms with E-state index in [-0.39, 0.29) is 11.7 Å². The number of fused-ring (bicyclic) bond motifs is 1. The van der Waals surface area contributed by atoms with Crippen molar-refractivity contribution in [3.8, 4) is 5.75 Å². The Morgan fingerprint density at radius 2 is 1.93 bits per heavy atom. The fourth-order valence-corrected chi connectivity index (χ4v) is 3.25. The summed E-state index contributed by atoms with van der Waals surface area (Å²) in [5.41, 5.74) is -0.0579. The molecule has 3 atom stereocenters. The monoisotopic (exact) mass is 431 g/mol. The summed E-state index contributed by atoms with van der Waals surface area (Å²) in [7, 11) is 0. The van der Waals surface area contributed by atoms with Gasteiger partial charge < -0.3 is 24.7 Å². The molecule has 0 aliphatic rings. The zero-order valence-corrected chi connectivity index (χ0v) is 17.4. The fourth-order valence-electron chi connectivity index (χ4n) is 3.07. The molecule has 2 heterocycles. The lowest BCUT2D eigenvalue weighted by Gasteiger charge is -2.24. The van der Waals surface area contributed by atoms with Crippen molar-refractivity contribution in [2.75, 3.05) is 0 Å². The molecule has 2 aromatic heterocycles. The minimum atomic E-state index is -0.990. The summed E-state index contributed by atoms with van der Waals surface area (Å²) in [6.07, 6.45) is 2.64. The highest BCUT2D eigenvalue weighted by Gasteiger charge is 2.25. The van der Waals surface area contributed by atoms with Gasteiger partial charge in [0.2, 0.25) is 5.43 Å². The first-order chi connectivity index (χ1) is 14.2. The van der Waals surface area contributed by atoms with Crippen molar-refractivity contribution in [1.82, 2.24) is 14.9 Å². The van der Waals surface area contributed by atoms with Crippen LogP contribution in [0.2, 0.25) is 5.02 Å². The average Bonchev–Trinajstić information content (AvgIpc) is 3.11. The lowest BCUT2D eigenvalue weighted by Crippen LogP contribution is -2.42. The third-order valence-corrected chi connectivity index (χ3v) is 5.20. The number of carbonyl (C=O) groups is 2. The summed E-state index contributed by atoms with van der Waals surface area (Å²) in [5, 5.41) is 13.7. The first kappa shape index (κ1) is 21.4. The highest BCUT2D eigenvalue weighted by Crippen LogP contribution is 2.25. The van der Waals surface area contributed by atoms with E-state index in [4.69, 9.17) is 16.3 Å². The van der Waals surface area contributed by atoms with E-state index in [2.05, 4.69) is 10.3 Å². The lowest BCUT2D eigenvalue weighted by atomic mass is 10.2. The van der Waals surface area contributed by atoms with Crippen LogP contribution < -0.4 is 10.7 Å². The molecule has 3 unspecified atom stereocenters. The number of hydrogen-bond donors (Lipinski definition) is 3. The second-order valence-electron chi connectivity index (χ2n) is 7.07. The summed E-state index contributed by atoms with van der Waals surface area (Å²) >= 11 is 6.03. The van der Waals surface area contributed by atoms with Crippen molar-refractivity contribution >= 4 is 34.4 Å². The van der Waals surface area contributed by atoms with Gasteiger partial charge in [0, 0.05) is 34.4 Å². The van der Waals surface area contributed by atoms with Crippen LogP contribution in [0.15, 0.2) is 47.5 Å². The van der Waals surface area contributed by atoms with E-state index in [0.29, 0.717) is 5.02 Å². The maximum Gasteiger partial charge on any atom is 0.328 e. The third-order valence-electron chi connectivity index (χ3n) is 4.96. The lowest BCUT2D eigenvalue weighted by molar-refractivity contribution is -0.151. The first-order valence-electron chi connectivity index (χ1n) is 9.37. The molecular weight excluding hydrogens is 410 g/mol. The number of nitrogens with one attached hydrogen (secondary N) is 2. The Bertz CT molecular complexity index is 1150. The highest BCUT2D eigenvalue weighted by molar-refractivity contribution is 6.31. The number of rotatable bonds is 6. The number of ether oxygens (including phenoxy) is 1. The number of aromatic hydroxyl groups is 1. The number of esters is 1. The second-order valence-corrected chi connectivity index (χ2v) is 7.51. The van der Waals surface area contributed by atoms with Gasteiger partial charge in [-0.25, -0.2) is 4.79 Å². The predicted octanol–water partition coefficient (Wildman–Crippen LogP) is 3.00. The molecule has 0 aliphatic carbocycles. The van der Waals surface area contributed by atoms with Gasteiger partial charge >= 0.3 is 5.97 Å². The van der Waals surface area contributed by atoms with Crippen LogP contribution in [0, 0.1) is 0 Å². The summed E-state index contributed by atoms with van der Waals surface area (Å²) < 4.78 is 7.51. The van der Waals surface area contributed by atoms with Crippen LogP contribution in [0.5, 0.6) is 5.75 Å². The maximum atomic E-state index is 12.5. The number of aromatic amines is 1. The number of halogens is 1. The Kier molecular flexibility index (Phi) is 6.17. The molecule has 158 valence electrons. The molecule has 1 amide bonds. The van der Waals surface area contributed by atoms with E-state index >= 15 is 0 Å². The number of hydrogen-bond acceptors (Lipinski definition) is 5. The molecule has 3 rings (SSSR count). The van der Waals surface area contributed by atoms with E-state index < -0.39 is 35.2 Å². The molecule has 0 radical (unpaired) electrons. The molecule has 30 heavy (non-hydrogen) atoms. The molecule has 0 spiro atoms. The van der Waals surface area contributed by atoms with Crippen molar-refractivity contribution in [1.29, 1.82) is 0 Å². The molecule has 1 aromatic carbocycles. The van der Waals surface area contributed by atoms with E-state index in [1.165, 1.54) is 13.1 Å². The second kappa shape index (κ2) is 8.62. The maximum absolute atomic E-state index is 12.5. The third kappa shape index (κ3) is 4.33. The Hall–Kier alpha value is -3.26. The van der Waals surface area contributed by atoms with E-state index in [9.17, 15) is 19.5 Å². The number of carbonyl (C=O) groups excluding carboxylic acids is 2. The van der Waals surface area contributed by atoms with Crippen LogP contribution in [0.4, 0.5) is 0 Å². The Morgan fingerprint density at radius 3 is 2.67 bits per heavy atom. The highest BCUT2D eigenvalue weighted by atomic mass is 35.5. The quantitative estimate of drug-likeness (QED) is 0.519. The number of amides is 1. The Labute approximate surface area is 177 Å². The van der Waals surface area contributed by atoms with Gasteiger partial charge in [-0.15, -0.1) is 0 Å². The van der Waals surface area contributed by atoms with Crippen molar-refractivity contribution in [3.63, 3.8) is 0 Å². The molecule has 0 fully saturated rings. The van der Waals surface area contributed by atoms with Crippen LogP contribution in [-0.4, -0.2) is 38.7 Å². The number of aromatic nitrogens is 2. The summed E-state index contributed by atoms with van der Waals surface area (Å²) in [6.45, 7) is 5.14. The van der Waals surface area contributed by atoms with E-state index in [0.717, 1.165) is 17.0 Å². The van der Waals surface area contributed by atoms with Crippen LogP contribution in [0.25, 0.3) is 10.9 Å². The molecule has 0 saturated heterocycles. The van der Waals surface area contributed by atoms with E-state index in [1.807, 2.05) is 35.9 Å². The van der Waals surface area contributed by atoms with Gasteiger partial charge in [-0.1, -0.05) is 11.6 Å². The van der Waals surface area contributed by atoms with Gasteiger partial charge in [0.15, 0.2) is 11.4 Å². The molecule has 0 aliphatic heterocycles. The van der Waals surface area contributed by atoms with Crippen molar-refractivity contribution in [2.45, 2.75) is 39.0 Å². The first-order valence-corrected chi connectivity index (χ1v) is 9.75. The normalized spacial score (nSPS) is 14.1. The van der Waals surface area contributed by atoms with Gasteiger partial charge in [0.05, 0.1) is 6.04 Å². The molecular formula is C21H22ClN3O5. The van der Waals surface area contributed by atoms with Crippen molar-refractivity contribution < 1.29 is 19.4 Å². The van der Waals surface area contributed by atoms with Crippen LogP contribution in [-0.2, 0) is 9.53 Å². The number of nitrogens with zero attached hydrogens (tertiary/aromatic N) is 1. The number of benzene rings is 1. The van der Waals surface area contributed by atoms with Gasteiger partial charge in [0.25, 0.3) is 5.91 Å². The summed E-state index contributed by atoms with van der Waals surface area (Å²) in [4.78, 5) is 38.7. The van der Waals surface area contributed by atoms with Crippen LogP contribution >= 0.6 is 11.6 Å². The van der Waals surface area contributed by atoms with E-state index in [1.54, 1.807) is 13.0 Å². The largest absolute Gasteiger partial charge is 0.503 e. The van der Waals surface area contributed by atoms with Crippen molar-refractivity contribution in [2.24, 2.45) is 0 Å². The fraction of sp³-hybridized carbons (Fsp3) is 0.286. The average molecular weight is 432 g/mol. The predicted molar refractivity (Wildman–Crippen MR) is 113 cm³/mol. The number of pyridine rings is 1. The van der Waals surface area contributed by atoms with Gasteiger partial charge in [-0.3, -0.25) is 9.59 Å². The molecule has 0 saturated carbocycles. The van der Waals surface area contributed by atoms with Gasteiger partial charge in [-0.05, 0) is 45.0 Å². The summed E-state index contributed by atoms with van der Waals surface area (Å²) in [5.74, 6) is -2.14.